The lowest BCUT2D eigenvalue weighted by atomic mass is 10.1. The van der Waals surface area contributed by atoms with Gasteiger partial charge in [0.2, 0.25) is 0 Å². The quantitative estimate of drug-likeness (QED) is 0.870. The first-order chi connectivity index (χ1) is 10.6. The van der Waals surface area contributed by atoms with Gasteiger partial charge in [0.05, 0.1) is 24.8 Å². The minimum Gasteiger partial charge on any atom is -0.494 e. The first-order valence-corrected chi connectivity index (χ1v) is 7.38. The molecule has 6 heteroatoms. The molecule has 0 aliphatic carbocycles. The van der Waals surface area contributed by atoms with E-state index in [0.29, 0.717) is 31.1 Å². The largest absolute Gasteiger partial charge is 0.494 e. The number of aromatic carboxylic acids is 1. The zero-order chi connectivity index (χ0) is 16.1. The standard InChI is InChI=1S/C16H21NO5/c1-3-22-14-8-11(7-12(9-14)16(19)20)15(18)17-6-4-5-13(17)10-21-2/h7-9,13H,3-6,10H2,1-2H3,(H,19,20)/t13-/m1/s1. The molecule has 1 aliphatic rings. The molecule has 0 radical (unpaired) electrons. The number of carboxylic acid groups (broad SMARTS) is 1. The Balaban J connectivity index is 2.29. The number of rotatable bonds is 6. The van der Waals surface area contributed by atoms with Crippen molar-refractivity contribution in [2.75, 3.05) is 26.9 Å². The van der Waals surface area contributed by atoms with Crippen molar-refractivity contribution in [1.29, 1.82) is 0 Å². The smallest absolute Gasteiger partial charge is 0.335 e. The van der Waals surface area contributed by atoms with Crippen molar-refractivity contribution < 1.29 is 24.2 Å². The maximum atomic E-state index is 12.7. The molecular weight excluding hydrogens is 286 g/mol. The minimum absolute atomic E-state index is 0.0431. The number of ether oxygens (including phenoxy) is 2. The minimum atomic E-state index is -1.08. The van der Waals surface area contributed by atoms with E-state index in [2.05, 4.69) is 0 Å². The normalized spacial score (nSPS) is 17.5. The van der Waals surface area contributed by atoms with Crippen molar-refractivity contribution >= 4 is 11.9 Å². The number of hydrogen-bond donors (Lipinski definition) is 1. The lowest BCUT2D eigenvalue weighted by Gasteiger charge is -2.24. The van der Waals surface area contributed by atoms with Gasteiger partial charge in [0.1, 0.15) is 5.75 Å². The van der Waals surface area contributed by atoms with Crippen LogP contribution >= 0.6 is 0 Å². The average molecular weight is 307 g/mol. The summed E-state index contributed by atoms with van der Waals surface area (Å²) in [5.74, 6) is -0.859. The van der Waals surface area contributed by atoms with Gasteiger partial charge >= 0.3 is 5.97 Å². The van der Waals surface area contributed by atoms with Gasteiger partial charge in [-0.05, 0) is 38.0 Å². The molecule has 1 atom stereocenters. The van der Waals surface area contributed by atoms with E-state index in [0.717, 1.165) is 12.8 Å². The highest BCUT2D eigenvalue weighted by atomic mass is 16.5. The van der Waals surface area contributed by atoms with Crippen molar-refractivity contribution in [3.63, 3.8) is 0 Å². The van der Waals surface area contributed by atoms with Crippen LogP contribution < -0.4 is 4.74 Å². The van der Waals surface area contributed by atoms with Gasteiger partial charge < -0.3 is 19.5 Å². The van der Waals surface area contributed by atoms with Crippen LogP contribution in [-0.2, 0) is 4.74 Å². The molecule has 1 saturated heterocycles. The summed E-state index contributed by atoms with van der Waals surface area (Å²) in [6.07, 6.45) is 1.83. The van der Waals surface area contributed by atoms with E-state index < -0.39 is 5.97 Å². The Kier molecular flexibility index (Phi) is 5.38. The summed E-state index contributed by atoms with van der Waals surface area (Å²) < 4.78 is 10.5. The summed E-state index contributed by atoms with van der Waals surface area (Å²) in [6.45, 7) is 3.37. The molecule has 0 spiro atoms. The van der Waals surface area contributed by atoms with Crippen LogP contribution in [0.4, 0.5) is 0 Å². The van der Waals surface area contributed by atoms with Gasteiger partial charge in [0.15, 0.2) is 0 Å². The molecule has 0 unspecified atom stereocenters. The zero-order valence-electron chi connectivity index (χ0n) is 12.9. The van der Waals surface area contributed by atoms with Crippen molar-refractivity contribution in [3.05, 3.63) is 29.3 Å². The van der Waals surface area contributed by atoms with Crippen LogP contribution in [0.5, 0.6) is 5.75 Å². The number of methoxy groups -OCH3 is 1. The molecule has 0 bridgehead atoms. The second-order valence-electron chi connectivity index (χ2n) is 5.23. The molecule has 1 aliphatic heterocycles. The molecule has 1 N–H and O–H groups in total. The van der Waals surface area contributed by atoms with Gasteiger partial charge in [-0.15, -0.1) is 0 Å². The van der Waals surface area contributed by atoms with Gasteiger partial charge in [-0.2, -0.15) is 0 Å². The summed E-state index contributed by atoms with van der Waals surface area (Å²) in [7, 11) is 1.61. The molecule has 120 valence electrons. The van der Waals surface area contributed by atoms with Gasteiger partial charge in [0, 0.05) is 19.2 Å². The second-order valence-corrected chi connectivity index (χ2v) is 5.23. The fourth-order valence-corrected chi connectivity index (χ4v) is 2.73. The van der Waals surface area contributed by atoms with E-state index in [-0.39, 0.29) is 17.5 Å². The van der Waals surface area contributed by atoms with E-state index >= 15 is 0 Å². The fourth-order valence-electron chi connectivity index (χ4n) is 2.73. The van der Waals surface area contributed by atoms with Crippen molar-refractivity contribution in [1.82, 2.24) is 4.90 Å². The number of hydrogen-bond acceptors (Lipinski definition) is 4. The number of carbonyl (C=O) groups excluding carboxylic acids is 1. The van der Waals surface area contributed by atoms with E-state index in [1.807, 2.05) is 6.92 Å². The molecular formula is C16H21NO5. The highest BCUT2D eigenvalue weighted by Crippen LogP contribution is 2.24. The molecule has 0 saturated carbocycles. The fraction of sp³-hybridized carbons (Fsp3) is 0.500. The van der Waals surface area contributed by atoms with E-state index in [1.54, 1.807) is 18.1 Å². The summed E-state index contributed by atoms with van der Waals surface area (Å²) >= 11 is 0. The number of amides is 1. The predicted octanol–water partition coefficient (Wildman–Crippen LogP) is 2.03. The van der Waals surface area contributed by atoms with Crippen LogP contribution in [0.25, 0.3) is 0 Å². The SMILES string of the molecule is CCOc1cc(C(=O)O)cc(C(=O)N2CCC[C@@H]2COC)c1. The summed E-state index contributed by atoms with van der Waals surface area (Å²) in [5.41, 5.74) is 0.392. The van der Waals surface area contributed by atoms with Gasteiger partial charge in [-0.25, -0.2) is 4.79 Å². The molecule has 1 aromatic rings. The third kappa shape index (κ3) is 3.57. The number of likely N-dealkylation sites (tertiary alicyclic amines) is 1. The Morgan fingerprint density at radius 2 is 2.05 bits per heavy atom. The van der Waals surface area contributed by atoms with Gasteiger partial charge in [-0.1, -0.05) is 0 Å². The second kappa shape index (κ2) is 7.26. The van der Waals surface area contributed by atoms with Crippen LogP contribution in [0, 0.1) is 0 Å². The third-order valence-corrected chi connectivity index (χ3v) is 3.71. The average Bonchev–Trinajstić information content (AvgIpc) is 2.95. The highest BCUT2D eigenvalue weighted by molar-refractivity contribution is 5.98. The molecule has 1 aromatic carbocycles. The number of benzene rings is 1. The number of nitrogens with zero attached hydrogens (tertiary/aromatic N) is 1. The Labute approximate surface area is 129 Å². The molecule has 1 amide bonds. The third-order valence-electron chi connectivity index (χ3n) is 3.71. The maximum Gasteiger partial charge on any atom is 0.335 e. The Morgan fingerprint density at radius 1 is 1.32 bits per heavy atom. The monoisotopic (exact) mass is 307 g/mol. The van der Waals surface area contributed by atoms with Crippen LogP contribution in [0.1, 0.15) is 40.5 Å². The first kappa shape index (κ1) is 16.3. The molecule has 22 heavy (non-hydrogen) atoms. The first-order valence-electron chi connectivity index (χ1n) is 7.38. The maximum absolute atomic E-state index is 12.7. The highest BCUT2D eigenvalue weighted by Gasteiger charge is 2.30. The lowest BCUT2D eigenvalue weighted by molar-refractivity contribution is 0.0630. The molecule has 2 rings (SSSR count). The van der Waals surface area contributed by atoms with Crippen molar-refractivity contribution in [2.45, 2.75) is 25.8 Å². The van der Waals surface area contributed by atoms with Gasteiger partial charge in [0.25, 0.3) is 5.91 Å². The van der Waals surface area contributed by atoms with Crippen molar-refractivity contribution in [2.24, 2.45) is 0 Å². The van der Waals surface area contributed by atoms with Crippen LogP contribution in [0.2, 0.25) is 0 Å². The Morgan fingerprint density at radius 3 is 2.68 bits per heavy atom. The lowest BCUT2D eigenvalue weighted by Crippen LogP contribution is -2.38. The molecule has 0 aromatic heterocycles. The molecule has 6 nitrogen and oxygen atoms in total. The Hall–Kier alpha value is -2.08. The summed E-state index contributed by atoms with van der Waals surface area (Å²) in [4.78, 5) is 25.7. The van der Waals surface area contributed by atoms with Crippen LogP contribution in [0.3, 0.4) is 0 Å². The molecule has 1 heterocycles. The molecule has 1 fully saturated rings. The number of carbonyl (C=O) groups is 2. The predicted molar refractivity (Wildman–Crippen MR) is 80.5 cm³/mol. The van der Waals surface area contributed by atoms with E-state index in [9.17, 15) is 14.7 Å². The number of carboxylic acids is 1. The van der Waals surface area contributed by atoms with Crippen LogP contribution in [-0.4, -0.2) is 54.8 Å². The zero-order valence-corrected chi connectivity index (χ0v) is 12.9. The summed E-state index contributed by atoms with van der Waals surface area (Å²) in [6, 6.07) is 4.47. The Bertz CT molecular complexity index is 557. The topological polar surface area (TPSA) is 76.1 Å². The van der Waals surface area contributed by atoms with Gasteiger partial charge in [-0.3, -0.25) is 4.79 Å². The van der Waals surface area contributed by atoms with E-state index in [1.165, 1.54) is 12.1 Å². The van der Waals surface area contributed by atoms with Crippen LogP contribution in [0.15, 0.2) is 18.2 Å². The van der Waals surface area contributed by atoms with Crippen molar-refractivity contribution in [3.8, 4) is 5.75 Å². The van der Waals surface area contributed by atoms with E-state index in [4.69, 9.17) is 9.47 Å². The summed E-state index contributed by atoms with van der Waals surface area (Å²) in [5, 5.41) is 9.18.